The third-order valence-corrected chi connectivity index (χ3v) is 16.8. The molecule has 2 unspecified atom stereocenters. The second-order valence-electron chi connectivity index (χ2n) is 18.7. The predicted octanol–water partition coefficient (Wildman–Crippen LogP) is 9.76. The van der Waals surface area contributed by atoms with Crippen LogP contribution in [0.1, 0.15) is 129 Å². The van der Waals surface area contributed by atoms with Crippen LogP contribution in [-0.2, 0) is 14.3 Å². The molecule has 5 saturated carbocycles. The normalized spacial score (nSPS) is 43.3. The van der Waals surface area contributed by atoms with Crippen molar-refractivity contribution in [3.8, 4) is 0 Å². The van der Waals surface area contributed by atoms with Gasteiger partial charge in [0, 0.05) is 11.6 Å². The van der Waals surface area contributed by atoms with E-state index < -0.39 is 0 Å². The van der Waals surface area contributed by atoms with Gasteiger partial charge in [-0.05, 0) is 160 Å². The Hall–Kier alpha value is -2.40. The summed E-state index contributed by atoms with van der Waals surface area (Å²) in [6.45, 7) is 22.4. The van der Waals surface area contributed by atoms with Crippen molar-refractivity contribution >= 4 is 17.5 Å². The lowest BCUT2D eigenvalue weighted by Crippen LogP contribution is -2.68. The number of rotatable bonds is 7. The number of ether oxygens (including phenoxy) is 2. The van der Waals surface area contributed by atoms with E-state index in [1.807, 2.05) is 19.1 Å². The van der Waals surface area contributed by atoms with Gasteiger partial charge in [0.15, 0.2) is 0 Å². The summed E-state index contributed by atoms with van der Waals surface area (Å²) in [6, 6.07) is 8.42. The van der Waals surface area contributed by atoms with E-state index in [0.29, 0.717) is 47.8 Å². The van der Waals surface area contributed by atoms with E-state index in [9.17, 15) is 9.59 Å². The van der Waals surface area contributed by atoms with E-state index >= 15 is 0 Å². The van der Waals surface area contributed by atoms with Gasteiger partial charge in [0.05, 0.1) is 25.2 Å². The van der Waals surface area contributed by atoms with E-state index in [1.54, 1.807) is 0 Å². The Morgan fingerprint density at radius 2 is 1.61 bits per heavy atom. The molecule has 0 heterocycles. The van der Waals surface area contributed by atoms with Gasteiger partial charge in [-0.15, -0.1) is 0 Å². The lowest BCUT2D eigenvalue weighted by Gasteiger charge is -2.73. The number of hydrogen-bond donors (Lipinski definition) is 0. The summed E-state index contributed by atoms with van der Waals surface area (Å²) in [7, 11) is 3.80. The molecule has 0 spiro atoms. The Morgan fingerprint density at radius 1 is 0.898 bits per heavy atom. The summed E-state index contributed by atoms with van der Waals surface area (Å²) in [5.41, 5.74) is 5.66. The quantitative estimate of drug-likeness (QED) is 0.214. The van der Waals surface area contributed by atoms with Gasteiger partial charge in [-0.2, -0.15) is 0 Å². The van der Waals surface area contributed by atoms with Crippen LogP contribution in [0.5, 0.6) is 0 Å². The largest absolute Gasteiger partial charge is 0.466 e. The fourth-order valence-corrected chi connectivity index (χ4v) is 14.2. The fourth-order valence-electron chi connectivity index (χ4n) is 14.2. The molecule has 1 aromatic rings. The summed E-state index contributed by atoms with van der Waals surface area (Å²) in [4.78, 5) is 27.7. The van der Waals surface area contributed by atoms with Crippen LogP contribution in [0.4, 0.5) is 0 Å². The first-order chi connectivity index (χ1) is 23.1. The minimum absolute atomic E-state index is 0.00578. The second kappa shape index (κ2) is 11.8. The highest BCUT2D eigenvalue weighted by molar-refractivity contribution is 5.90. The molecule has 49 heavy (non-hydrogen) atoms. The molecule has 1 aromatic carbocycles. The number of methoxy groups -OCH3 is 1. The molecular formula is C44H63NO4. The molecule has 0 bridgehead atoms. The lowest BCUT2D eigenvalue weighted by molar-refractivity contribution is -0.227. The zero-order chi connectivity index (χ0) is 35.3. The Balaban J connectivity index is 1.20. The zero-order valence-corrected chi connectivity index (χ0v) is 32.0. The van der Waals surface area contributed by atoms with Crippen molar-refractivity contribution in [3.63, 3.8) is 0 Å². The van der Waals surface area contributed by atoms with Gasteiger partial charge in [0.2, 0.25) is 0 Å². The summed E-state index contributed by atoms with van der Waals surface area (Å²) >= 11 is 0. The standard InChI is InChI=1S/C44H63NO4/c1-11-49-39(47)31-26-34(31)45(9)44-23-18-30(27(2)3)37(44)33-16-17-36-41(6)21-19-32(28-12-14-29(15-13-28)38(46)48-10)40(4,5)35(41)20-22-43(36,8)42(33,7)24-25-44/h12-15,19,30-31,33-37H,2,11,16-18,20-26H2,1,3-10H3/t30-,31?,33+,34?,35-,36+,37+,41-,42+,43+,44-/m0/s1. The lowest BCUT2D eigenvalue weighted by atomic mass is 9.33. The Kier molecular flexibility index (Phi) is 8.45. The van der Waals surface area contributed by atoms with Crippen LogP contribution in [0, 0.1) is 57.2 Å². The minimum Gasteiger partial charge on any atom is -0.466 e. The van der Waals surface area contributed by atoms with Gasteiger partial charge < -0.3 is 9.47 Å². The number of carbonyl (C=O) groups is 2. The van der Waals surface area contributed by atoms with Crippen molar-refractivity contribution in [1.82, 2.24) is 4.90 Å². The van der Waals surface area contributed by atoms with E-state index in [0.717, 1.165) is 12.8 Å². The number of allylic oxidation sites excluding steroid dienone is 3. The number of fused-ring (bicyclic) bond motifs is 7. The number of esters is 2. The average molecular weight is 670 g/mol. The number of hydrogen-bond acceptors (Lipinski definition) is 5. The third kappa shape index (κ3) is 4.86. The summed E-state index contributed by atoms with van der Waals surface area (Å²) in [5.74, 6) is 2.89. The van der Waals surface area contributed by atoms with E-state index in [-0.39, 0.29) is 45.1 Å². The molecule has 6 aliphatic rings. The van der Waals surface area contributed by atoms with E-state index in [2.05, 4.69) is 78.3 Å². The summed E-state index contributed by atoms with van der Waals surface area (Å²) in [5, 5.41) is 0. The molecule has 6 aliphatic carbocycles. The predicted molar refractivity (Wildman–Crippen MR) is 197 cm³/mol. The second-order valence-corrected chi connectivity index (χ2v) is 18.7. The topological polar surface area (TPSA) is 55.8 Å². The average Bonchev–Trinajstić information content (AvgIpc) is 3.76. The van der Waals surface area contributed by atoms with Crippen LogP contribution in [0.25, 0.3) is 5.57 Å². The minimum atomic E-state index is -0.279. The van der Waals surface area contributed by atoms with Crippen LogP contribution in [0.2, 0.25) is 0 Å². The van der Waals surface area contributed by atoms with Crippen molar-refractivity contribution < 1.29 is 19.1 Å². The van der Waals surface area contributed by atoms with Gasteiger partial charge in [-0.25, -0.2) is 4.79 Å². The molecular weight excluding hydrogens is 606 g/mol. The molecule has 11 atom stereocenters. The Morgan fingerprint density at radius 3 is 2.27 bits per heavy atom. The molecule has 5 fully saturated rings. The first-order valence-electron chi connectivity index (χ1n) is 19.5. The van der Waals surface area contributed by atoms with Gasteiger partial charge in [0.1, 0.15) is 0 Å². The van der Waals surface area contributed by atoms with Crippen LogP contribution in [-0.4, -0.2) is 49.2 Å². The monoisotopic (exact) mass is 669 g/mol. The molecule has 5 heteroatoms. The number of nitrogens with zero attached hydrogens (tertiary/aromatic N) is 1. The van der Waals surface area contributed by atoms with Gasteiger partial charge in [-0.3, -0.25) is 9.69 Å². The maximum Gasteiger partial charge on any atom is 0.337 e. The maximum atomic E-state index is 12.8. The molecule has 5 nitrogen and oxygen atoms in total. The molecule has 0 aliphatic heterocycles. The van der Waals surface area contributed by atoms with Crippen molar-refractivity contribution in [3.05, 3.63) is 53.6 Å². The molecule has 0 aromatic heterocycles. The Labute approximate surface area is 296 Å². The van der Waals surface area contributed by atoms with Crippen molar-refractivity contribution in [2.45, 2.75) is 124 Å². The molecule has 0 N–H and O–H groups in total. The third-order valence-electron chi connectivity index (χ3n) is 16.8. The van der Waals surface area contributed by atoms with E-state index in [1.165, 1.54) is 75.2 Å². The van der Waals surface area contributed by atoms with E-state index in [4.69, 9.17) is 9.47 Å². The number of carbonyl (C=O) groups excluding carboxylic acids is 2. The number of benzene rings is 1. The summed E-state index contributed by atoms with van der Waals surface area (Å²) < 4.78 is 10.5. The van der Waals surface area contributed by atoms with Crippen LogP contribution in [0.15, 0.2) is 42.5 Å². The zero-order valence-electron chi connectivity index (χ0n) is 32.0. The maximum absolute atomic E-state index is 12.8. The smallest absolute Gasteiger partial charge is 0.337 e. The molecule has 0 radical (unpaired) electrons. The van der Waals surface area contributed by atoms with Gasteiger partial charge >= 0.3 is 11.9 Å². The van der Waals surface area contributed by atoms with Crippen LogP contribution in [0.3, 0.4) is 0 Å². The molecule has 0 saturated heterocycles. The molecule has 0 amide bonds. The van der Waals surface area contributed by atoms with Crippen molar-refractivity contribution in [2.24, 2.45) is 57.2 Å². The van der Waals surface area contributed by atoms with Crippen molar-refractivity contribution in [1.29, 1.82) is 0 Å². The highest BCUT2D eigenvalue weighted by Crippen LogP contribution is 2.77. The van der Waals surface area contributed by atoms with Crippen LogP contribution < -0.4 is 0 Å². The highest BCUT2D eigenvalue weighted by Gasteiger charge is 2.71. The fraction of sp³-hybridized carbons (Fsp3) is 0.727. The first kappa shape index (κ1) is 35.0. The molecule has 7 rings (SSSR count). The van der Waals surface area contributed by atoms with Gasteiger partial charge in [-0.1, -0.05) is 65.0 Å². The molecule has 268 valence electrons. The SMILES string of the molecule is C=C(C)[C@@H]1CC[C@]2(N(C)C3CC3C(=O)OCC)CC[C@]3(C)[C@H](CC[C@@H]4[C@@]5(C)CC=C(c6ccc(C(=O)OC)cc6)C(C)(C)[C@@H]5CC[C@]43C)[C@@H]12. The Bertz CT molecular complexity index is 1540. The summed E-state index contributed by atoms with van der Waals surface area (Å²) in [6.07, 6.45) is 14.8. The van der Waals surface area contributed by atoms with Crippen LogP contribution >= 0.6 is 0 Å². The van der Waals surface area contributed by atoms with Crippen molar-refractivity contribution in [2.75, 3.05) is 20.8 Å². The van der Waals surface area contributed by atoms with Gasteiger partial charge in [0.25, 0.3) is 0 Å². The highest BCUT2D eigenvalue weighted by atomic mass is 16.5. The first-order valence-corrected chi connectivity index (χ1v) is 19.5.